The second-order valence-corrected chi connectivity index (χ2v) is 4.71. The van der Waals surface area contributed by atoms with Gasteiger partial charge in [0.1, 0.15) is 0 Å². The van der Waals surface area contributed by atoms with Gasteiger partial charge in [0, 0.05) is 25.9 Å². The van der Waals surface area contributed by atoms with Crippen LogP contribution >= 0.6 is 0 Å². The molecule has 82 valence electrons. The van der Waals surface area contributed by atoms with Crippen molar-refractivity contribution in [1.29, 1.82) is 0 Å². The van der Waals surface area contributed by atoms with E-state index in [2.05, 4.69) is 0 Å². The normalized spacial score (nSPS) is 37.7. The summed E-state index contributed by atoms with van der Waals surface area (Å²) in [6.45, 7) is 1.67. The van der Waals surface area contributed by atoms with Crippen molar-refractivity contribution in [3.8, 4) is 0 Å². The van der Waals surface area contributed by atoms with Crippen LogP contribution in [0.15, 0.2) is 0 Å². The summed E-state index contributed by atoms with van der Waals surface area (Å²) in [7, 11) is 1.74. The summed E-state index contributed by atoms with van der Waals surface area (Å²) in [5, 5.41) is 0. The molecule has 2 fully saturated rings. The minimum absolute atomic E-state index is 0.0559. The molecule has 0 spiro atoms. The number of hydrogen-bond donors (Lipinski definition) is 1. The quantitative estimate of drug-likeness (QED) is 0.679. The zero-order chi connectivity index (χ0) is 10.0. The van der Waals surface area contributed by atoms with Crippen LogP contribution in [0.1, 0.15) is 32.1 Å². The molecular weight excluding hydrogens is 178 g/mol. The molecule has 0 aromatic heterocycles. The maximum atomic E-state index is 6.40. The summed E-state index contributed by atoms with van der Waals surface area (Å²) in [6.07, 6.45) is 6.08. The molecule has 14 heavy (non-hydrogen) atoms. The van der Waals surface area contributed by atoms with E-state index in [9.17, 15) is 0 Å². The summed E-state index contributed by atoms with van der Waals surface area (Å²) in [4.78, 5) is 0. The molecule has 1 aliphatic heterocycles. The Labute approximate surface area is 85.9 Å². The van der Waals surface area contributed by atoms with Crippen molar-refractivity contribution >= 4 is 0 Å². The Balaban J connectivity index is 1.84. The molecule has 1 saturated carbocycles. The van der Waals surface area contributed by atoms with Crippen LogP contribution in [0.2, 0.25) is 0 Å². The van der Waals surface area contributed by atoms with Crippen LogP contribution in [0.3, 0.4) is 0 Å². The Bertz CT molecular complexity index is 194. The van der Waals surface area contributed by atoms with Gasteiger partial charge in [-0.15, -0.1) is 0 Å². The average molecular weight is 199 g/mol. The fraction of sp³-hybridized carbons (Fsp3) is 1.00. The molecule has 2 atom stereocenters. The molecule has 2 unspecified atom stereocenters. The van der Waals surface area contributed by atoms with Crippen molar-refractivity contribution in [2.45, 2.75) is 43.7 Å². The fourth-order valence-corrected chi connectivity index (χ4v) is 2.50. The summed E-state index contributed by atoms with van der Waals surface area (Å²) in [6, 6.07) is 0. The van der Waals surface area contributed by atoms with Crippen LogP contribution in [0.25, 0.3) is 0 Å². The lowest BCUT2D eigenvalue weighted by atomic mass is 9.85. The number of ether oxygens (including phenoxy) is 2. The van der Waals surface area contributed by atoms with E-state index < -0.39 is 0 Å². The van der Waals surface area contributed by atoms with Crippen molar-refractivity contribution in [1.82, 2.24) is 0 Å². The third kappa shape index (κ3) is 2.10. The summed E-state index contributed by atoms with van der Waals surface area (Å²) >= 11 is 0. The van der Waals surface area contributed by atoms with E-state index in [0.717, 1.165) is 38.4 Å². The SMILES string of the molecule is COCCCC1(N)CCOC1C1CC1. The second-order valence-electron chi connectivity index (χ2n) is 4.71. The fourth-order valence-electron chi connectivity index (χ4n) is 2.50. The minimum atomic E-state index is -0.0559. The van der Waals surface area contributed by atoms with E-state index in [1.165, 1.54) is 12.8 Å². The zero-order valence-corrected chi connectivity index (χ0v) is 9.00. The van der Waals surface area contributed by atoms with Crippen LogP contribution < -0.4 is 5.73 Å². The van der Waals surface area contributed by atoms with Crippen LogP contribution in [0.5, 0.6) is 0 Å². The largest absolute Gasteiger partial charge is 0.385 e. The summed E-state index contributed by atoms with van der Waals surface area (Å²) < 4.78 is 10.8. The molecule has 1 heterocycles. The van der Waals surface area contributed by atoms with Gasteiger partial charge >= 0.3 is 0 Å². The standard InChI is InChI=1S/C11H21NO2/c1-13-7-2-5-11(12)6-8-14-10(11)9-3-4-9/h9-10H,2-8,12H2,1H3. The Hall–Kier alpha value is -0.120. The smallest absolute Gasteiger partial charge is 0.0783 e. The van der Waals surface area contributed by atoms with Crippen LogP contribution in [-0.2, 0) is 9.47 Å². The van der Waals surface area contributed by atoms with Gasteiger partial charge in [-0.25, -0.2) is 0 Å². The van der Waals surface area contributed by atoms with Gasteiger partial charge < -0.3 is 15.2 Å². The topological polar surface area (TPSA) is 44.5 Å². The molecule has 2 aliphatic rings. The highest BCUT2D eigenvalue weighted by Crippen LogP contribution is 2.43. The van der Waals surface area contributed by atoms with E-state index in [0.29, 0.717) is 6.10 Å². The highest BCUT2D eigenvalue weighted by atomic mass is 16.5. The molecule has 1 aliphatic carbocycles. The van der Waals surface area contributed by atoms with Gasteiger partial charge in [-0.1, -0.05) is 0 Å². The Kier molecular flexibility index (Phi) is 3.10. The number of rotatable bonds is 5. The zero-order valence-electron chi connectivity index (χ0n) is 9.00. The lowest BCUT2D eigenvalue weighted by Crippen LogP contribution is -2.48. The van der Waals surface area contributed by atoms with Crippen molar-refractivity contribution in [3.05, 3.63) is 0 Å². The van der Waals surface area contributed by atoms with E-state index >= 15 is 0 Å². The Morgan fingerprint density at radius 1 is 1.50 bits per heavy atom. The van der Waals surface area contributed by atoms with Gasteiger partial charge in [0.05, 0.1) is 6.10 Å². The summed E-state index contributed by atoms with van der Waals surface area (Å²) in [5.41, 5.74) is 6.35. The first kappa shape index (κ1) is 10.4. The molecule has 0 bridgehead atoms. The molecule has 0 amide bonds. The molecule has 3 heteroatoms. The maximum absolute atomic E-state index is 6.40. The van der Waals surface area contributed by atoms with Gasteiger partial charge in [-0.3, -0.25) is 0 Å². The van der Waals surface area contributed by atoms with E-state index in [-0.39, 0.29) is 5.54 Å². The van der Waals surface area contributed by atoms with Crippen molar-refractivity contribution in [3.63, 3.8) is 0 Å². The first-order chi connectivity index (χ1) is 6.76. The third-order valence-corrected chi connectivity index (χ3v) is 3.47. The van der Waals surface area contributed by atoms with E-state index in [1.54, 1.807) is 7.11 Å². The van der Waals surface area contributed by atoms with E-state index in [1.807, 2.05) is 0 Å². The second kappa shape index (κ2) is 4.17. The van der Waals surface area contributed by atoms with Gasteiger partial charge in [-0.2, -0.15) is 0 Å². The van der Waals surface area contributed by atoms with Crippen molar-refractivity contribution < 1.29 is 9.47 Å². The van der Waals surface area contributed by atoms with Crippen LogP contribution in [-0.4, -0.2) is 32.0 Å². The number of methoxy groups -OCH3 is 1. The van der Waals surface area contributed by atoms with Gasteiger partial charge in [0.25, 0.3) is 0 Å². The van der Waals surface area contributed by atoms with Gasteiger partial charge in [-0.05, 0) is 38.0 Å². The van der Waals surface area contributed by atoms with Crippen LogP contribution in [0, 0.1) is 5.92 Å². The van der Waals surface area contributed by atoms with Crippen molar-refractivity contribution in [2.75, 3.05) is 20.3 Å². The third-order valence-electron chi connectivity index (χ3n) is 3.47. The van der Waals surface area contributed by atoms with Crippen molar-refractivity contribution in [2.24, 2.45) is 11.7 Å². The monoisotopic (exact) mass is 199 g/mol. The molecule has 0 radical (unpaired) electrons. The highest BCUT2D eigenvalue weighted by molar-refractivity contribution is 5.03. The van der Waals surface area contributed by atoms with Gasteiger partial charge in [0.15, 0.2) is 0 Å². The predicted molar refractivity (Wildman–Crippen MR) is 55.1 cm³/mol. The Morgan fingerprint density at radius 2 is 2.29 bits per heavy atom. The average Bonchev–Trinajstić information content (AvgIpc) is 2.92. The molecule has 0 aromatic rings. The lowest BCUT2D eigenvalue weighted by molar-refractivity contribution is 0.0569. The molecule has 0 aromatic carbocycles. The highest BCUT2D eigenvalue weighted by Gasteiger charge is 2.48. The first-order valence-corrected chi connectivity index (χ1v) is 5.66. The molecular formula is C11H21NO2. The minimum Gasteiger partial charge on any atom is -0.385 e. The van der Waals surface area contributed by atoms with E-state index in [4.69, 9.17) is 15.2 Å². The Morgan fingerprint density at radius 3 is 2.93 bits per heavy atom. The van der Waals surface area contributed by atoms with Crippen LogP contribution in [0.4, 0.5) is 0 Å². The number of hydrogen-bond acceptors (Lipinski definition) is 3. The molecule has 2 N–H and O–H groups in total. The lowest BCUT2D eigenvalue weighted by Gasteiger charge is -2.30. The molecule has 3 nitrogen and oxygen atoms in total. The predicted octanol–water partition coefficient (Wildman–Crippen LogP) is 1.31. The molecule has 2 rings (SSSR count). The first-order valence-electron chi connectivity index (χ1n) is 5.66. The van der Waals surface area contributed by atoms with Gasteiger partial charge in [0.2, 0.25) is 0 Å². The maximum Gasteiger partial charge on any atom is 0.0783 e. The number of nitrogens with two attached hydrogens (primary N) is 1. The summed E-state index contributed by atoms with van der Waals surface area (Å²) in [5.74, 6) is 0.755. The molecule has 1 saturated heterocycles.